The Morgan fingerprint density at radius 2 is 2.08 bits per heavy atom. The third-order valence-electron chi connectivity index (χ3n) is 7.19. The van der Waals surface area contributed by atoms with Crippen molar-refractivity contribution < 1.29 is 13.2 Å². The molecular formula is C18H25N3O3S. The average Bonchev–Trinajstić information content (AvgIpc) is 2.87. The van der Waals surface area contributed by atoms with E-state index in [1.54, 1.807) is 23.3 Å². The maximum Gasteiger partial charge on any atom is 0.256 e. The quantitative estimate of drug-likeness (QED) is 0.812. The average molecular weight is 363 g/mol. The molecule has 25 heavy (non-hydrogen) atoms. The van der Waals surface area contributed by atoms with Crippen LogP contribution in [0.25, 0.3) is 0 Å². The molecule has 4 aliphatic rings. The summed E-state index contributed by atoms with van der Waals surface area (Å²) in [6.07, 6.45) is 8.43. The second-order valence-corrected chi connectivity index (χ2v) is 10.2. The molecule has 6 nitrogen and oxygen atoms in total. The van der Waals surface area contributed by atoms with E-state index in [1.165, 1.54) is 6.42 Å². The molecule has 1 amide bonds. The number of fused-ring (bicyclic) bond motifs is 3. The van der Waals surface area contributed by atoms with Crippen LogP contribution in [-0.2, 0) is 14.8 Å². The summed E-state index contributed by atoms with van der Waals surface area (Å²) < 4.78 is 26.9. The number of nitrogens with one attached hydrogen (secondary N) is 1. The molecule has 7 heteroatoms. The van der Waals surface area contributed by atoms with Crippen LogP contribution in [0.3, 0.4) is 0 Å². The highest BCUT2D eigenvalue weighted by Gasteiger charge is 2.61. The number of carbonyl (C=O) groups is 1. The van der Waals surface area contributed by atoms with Gasteiger partial charge in [-0.05, 0) is 48.2 Å². The Bertz CT molecular complexity index is 825. The van der Waals surface area contributed by atoms with E-state index in [2.05, 4.69) is 30.5 Å². The lowest BCUT2D eigenvalue weighted by atomic mass is 9.69. The van der Waals surface area contributed by atoms with Crippen LogP contribution in [0.4, 0.5) is 0 Å². The number of rotatable bonds is 2. The molecule has 2 saturated carbocycles. The van der Waals surface area contributed by atoms with Gasteiger partial charge in [0.15, 0.2) is 0 Å². The van der Waals surface area contributed by atoms with Crippen molar-refractivity contribution in [3.8, 4) is 0 Å². The first-order valence-corrected chi connectivity index (χ1v) is 10.5. The van der Waals surface area contributed by atoms with E-state index in [0.717, 1.165) is 12.8 Å². The third kappa shape index (κ3) is 2.46. The molecule has 2 aliphatic carbocycles. The molecule has 3 atom stereocenters. The normalized spacial score (nSPS) is 37.3. The van der Waals surface area contributed by atoms with Crippen molar-refractivity contribution in [2.24, 2.45) is 21.1 Å². The minimum atomic E-state index is -3.37. The Kier molecular flexibility index (Phi) is 3.49. The SMILES string of the molecule is CC1(C)[C@H]2CC[C@@]1(C)[C@H](NC(=O)C1=CN3CCS(=O)(=O)N=C3C=C1)C2. The van der Waals surface area contributed by atoms with E-state index >= 15 is 0 Å². The number of hydrogen-bond acceptors (Lipinski definition) is 4. The summed E-state index contributed by atoms with van der Waals surface area (Å²) in [5, 5.41) is 3.24. The van der Waals surface area contributed by atoms with Gasteiger partial charge < -0.3 is 10.2 Å². The van der Waals surface area contributed by atoms with Gasteiger partial charge in [0.1, 0.15) is 5.84 Å². The molecule has 0 aromatic rings. The number of amides is 1. The molecular weight excluding hydrogens is 338 g/mol. The Hall–Kier alpha value is -1.63. The molecule has 4 rings (SSSR count). The Balaban J connectivity index is 1.51. The Morgan fingerprint density at radius 3 is 2.72 bits per heavy atom. The zero-order valence-corrected chi connectivity index (χ0v) is 15.8. The van der Waals surface area contributed by atoms with Crippen LogP contribution in [0, 0.1) is 16.7 Å². The van der Waals surface area contributed by atoms with E-state index in [0.29, 0.717) is 23.9 Å². The summed E-state index contributed by atoms with van der Waals surface area (Å²) in [5.74, 6) is 0.950. The van der Waals surface area contributed by atoms with Gasteiger partial charge in [-0.2, -0.15) is 0 Å². The molecule has 0 aromatic carbocycles. The lowest BCUT2D eigenvalue weighted by Gasteiger charge is -2.39. The zero-order chi connectivity index (χ0) is 18.0. The van der Waals surface area contributed by atoms with E-state index in [-0.39, 0.29) is 28.5 Å². The van der Waals surface area contributed by atoms with Crippen molar-refractivity contribution in [1.29, 1.82) is 0 Å². The van der Waals surface area contributed by atoms with Crippen LogP contribution in [-0.4, -0.2) is 43.4 Å². The minimum absolute atomic E-state index is 0.0215. The fourth-order valence-electron chi connectivity index (χ4n) is 5.00. The van der Waals surface area contributed by atoms with Crippen LogP contribution < -0.4 is 5.32 Å². The zero-order valence-electron chi connectivity index (χ0n) is 14.9. The molecule has 2 bridgehead atoms. The summed E-state index contributed by atoms with van der Waals surface area (Å²) in [5.41, 5.74) is 0.948. The maximum atomic E-state index is 12.8. The van der Waals surface area contributed by atoms with Crippen molar-refractivity contribution in [1.82, 2.24) is 10.2 Å². The maximum absolute atomic E-state index is 12.8. The Morgan fingerprint density at radius 1 is 1.32 bits per heavy atom. The topological polar surface area (TPSA) is 78.8 Å². The highest BCUT2D eigenvalue weighted by Crippen LogP contribution is 2.65. The molecule has 0 aromatic heterocycles. The first-order valence-electron chi connectivity index (χ1n) is 8.92. The predicted molar refractivity (Wildman–Crippen MR) is 96.3 cm³/mol. The van der Waals surface area contributed by atoms with Crippen LogP contribution in [0.5, 0.6) is 0 Å². The summed E-state index contributed by atoms with van der Waals surface area (Å²) in [4.78, 5) is 14.5. The lowest BCUT2D eigenvalue weighted by molar-refractivity contribution is -0.119. The minimum Gasteiger partial charge on any atom is -0.349 e. The molecule has 2 fully saturated rings. The van der Waals surface area contributed by atoms with Gasteiger partial charge in [0.2, 0.25) is 0 Å². The molecule has 2 heterocycles. The van der Waals surface area contributed by atoms with Gasteiger partial charge in [0.05, 0.1) is 11.3 Å². The molecule has 136 valence electrons. The van der Waals surface area contributed by atoms with Gasteiger partial charge in [-0.3, -0.25) is 4.79 Å². The van der Waals surface area contributed by atoms with Crippen molar-refractivity contribution in [3.63, 3.8) is 0 Å². The molecule has 0 radical (unpaired) electrons. The van der Waals surface area contributed by atoms with Crippen LogP contribution in [0.1, 0.15) is 40.0 Å². The van der Waals surface area contributed by atoms with Crippen molar-refractivity contribution in [3.05, 3.63) is 23.9 Å². The van der Waals surface area contributed by atoms with Crippen molar-refractivity contribution in [2.45, 2.75) is 46.1 Å². The van der Waals surface area contributed by atoms with Gasteiger partial charge in [-0.15, -0.1) is 4.40 Å². The molecule has 0 spiro atoms. The highest BCUT2D eigenvalue weighted by molar-refractivity contribution is 7.90. The van der Waals surface area contributed by atoms with E-state index in [9.17, 15) is 13.2 Å². The largest absolute Gasteiger partial charge is 0.349 e. The monoisotopic (exact) mass is 363 g/mol. The first-order chi connectivity index (χ1) is 11.6. The number of carbonyl (C=O) groups excluding carboxylic acids is 1. The molecule has 2 aliphatic heterocycles. The number of hydrogen-bond donors (Lipinski definition) is 1. The smallest absolute Gasteiger partial charge is 0.256 e. The van der Waals surface area contributed by atoms with Gasteiger partial charge in [-0.25, -0.2) is 8.42 Å². The fraction of sp³-hybridized carbons (Fsp3) is 0.667. The Labute approximate surface area is 149 Å². The van der Waals surface area contributed by atoms with Crippen molar-refractivity contribution >= 4 is 21.8 Å². The van der Waals surface area contributed by atoms with Gasteiger partial charge in [-0.1, -0.05) is 20.8 Å². The fourth-order valence-corrected chi connectivity index (χ4v) is 5.97. The highest BCUT2D eigenvalue weighted by atomic mass is 32.2. The van der Waals surface area contributed by atoms with Gasteiger partial charge in [0.25, 0.3) is 15.9 Å². The van der Waals surface area contributed by atoms with E-state index in [1.807, 2.05) is 0 Å². The second kappa shape index (κ2) is 5.19. The molecule has 0 unspecified atom stereocenters. The second-order valence-electron chi connectivity index (χ2n) is 8.48. The third-order valence-corrected chi connectivity index (χ3v) is 8.35. The van der Waals surface area contributed by atoms with Gasteiger partial charge in [0, 0.05) is 18.8 Å². The molecule has 1 N–H and O–H groups in total. The predicted octanol–water partition coefficient (Wildman–Crippen LogP) is 1.81. The first kappa shape index (κ1) is 16.8. The number of nitrogens with zero attached hydrogens (tertiary/aromatic N) is 2. The van der Waals surface area contributed by atoms with E-state index in [4.69, 9.17) is 0 Å². The van der Waals surface area contributed by atoms with Crippen LogP contribution >= 0.6 is 0 Å². The summed E-state index contributed by atoms with van der Waals surface area (Å²) in [6, 6.07) is 0.194. The summed E-state index contributed by atoms with van der Waals surface area (Å²) in [7, 11) is -3.37. The standard InChI is InChI=1S/C18H25N3O3S/c1-17(2)13-6-7-18(17,3)14(10-13)19-16(22)12-4-5-15-20-25(23,24)9-8-21(15)11-12/h4-5,11,13-14H,6-10H2,1-3H3,(H,19,22)/t13-,14+,18-/m0/s1. The lowest BCUT2D eigenvalue weighted by Crippen LogP contribution is -2.47. The summed E-state index contributed by atoms with van der Waals surface area (Å²) >= 11 is 0. The molecule has 0 saturated heterocycles. The van der Waals surface area contributed by atoms with Crippen molar-refractivity contribution in [2.75, 3.05) is 12.3 Å². The number of amidine groups is 1. The number of sulfonamides is 1. The van der Waals surface area contributed by atoms with Gasteiger partial charge >= 0.3 is 0 Å². The summed E-state index contributed by atoms with van der Waals surface area (Å²) in [6.45, 7) is 7.29. The van der Waals surface area contributed by atoms with E-state index < -0.39 is 10.0 Å². The van der Waals surface area contributed by atoms with Crippen LogP contribution in [0.15, 0.2) is 28.3 Å². The van der Waals surface area contributed by atoms with Crippen LogP contribution in [0.2, 0.25) is 0 Å².